The lowest BCUT2D eigenvalue weighted by Crippen LogP contribution is -2.55. The van der Waals surface area contributed by atoms with Crippen LogP contribution in [0.3, 0.4) is 0 Å². The van der Waals surface area contributed by atoms with Crippen LogP contribution in [0, 0.1) is 16.0 Å². The molecule has 2 N–H and O–H groups in total. The van der Waals surface area contributed by atoms with Gasteiger partial charge in [0.2, 0.25) is 11.9 Å². The second-order valence-electron chi connectivity index (χ2n) is 7.53. The maximum atomic E-state index is 12.2. The molecule has 2 amide bonds. The lowest BCUT2D eigenvalue weighted by Gasteiger charge is -2.31. The fraction of sp³-hybridized carbons (Fsp3) is 0.867. The number of nitro groups is 1. The summed E-state index contributed by atoms with van der Waals surface area (Å²) in [6.07, 6.45) is 3.20. The number of amides is 2. The van der Waals surface area contributed by atoms with Crippen molar-refractivity contribution in [1.82, 2.24) is 10.6 Å². The minimum atomic E-state index is -0.757. The first-order valence-electron chi connectivity index (χ1n) is 8.04. The summed E-state index contributed by atoms with van der Waals surface area (Å²) >= 11 is 0. The topological polar surface area (TPSA) is 111 Å². The van der Waals surface area contributed by atoms with Crippen molar-refractivity contribution in [3.05, 3.63) is 10.1 Å². The van der Waals surface area contributed by atoms with Gasteiger partial charge in [0.05, 0.1) is 5.54 Å². The predicted molar refractivity (Wildman–Crippen MR) is 82.5 cm³/mol. The number of hydrogen-bond donors (Lipinski definition) is 2. The van der Waals surface area contributed by atoms with Gasteiger partial charge < -0.3 is 15.4 Å². The molecule has 2 saturated carbocycles. The molecule has 0 saturated heterocycles. The Bertz CT molecular complexity index is 494. The van der Waals surface area contributed by atoms with Crippen LogP contribution in [0.4, 0.5) is 4.79 Å². The molecule has 8 nitrogen and oxygen atoms in total. The van der Waals surface area contributed by atoms with E-state index in [4.69, 9.17) is 4.74 Å². The average Bonchev–Trinajstić information content (AvgIpc) is 3.10. The Morgan fingerprint density at radius 1 is 1.30 bits per heavy atom. The molecule has 0 spiro atoms. The normalized spacial score (nSPS) is 25.5. The average molecular weight is 327 g/mol. The summed E-state index contributed by atoms with van der Waals surface area (Å²) in [5.74, 6) is -0.816. The molecular formula is C15H25N3O5. The van der Waals surface area contributed by atoms with Crippen LogP contribution < -0.4 is 10.6 Å². The van der Waals surface area contributed by atoms with Gasteiger partial charge in [-0.1, -0.05) is 12.8 Å². The lowest BCUT2D eigenvalue weighted by molar-refractivity contribution is -0.497. The van der Waals surface area contributed by atoms with Gasteiger partial charge in [-0.15, -0.1) is 0 Å². The second-order valence-corrected chi connectivity index (χ2v) is 7.53. The number of hydrogen-bond acceptors (Lipinski definition) is 5. The minimum absolute atomic E-state index is 0.278. The molecule has 2 atom stereocenters. The third-order valence-electron chi connectivity index (χ3n) is 4.28. The summed E-state index contributed by atoms with van der Waals surface area (Å²) < 4.78 is 5.20. The van der Waals surface area contributed by atoms with Gasteiger partial charge in [-0.3, -0.25) is 14.9 Å². The summed E-state index contributed by atoms with van der Waals surface area (Å²) in [6.45, 7) is 5.63. The third-order valence-corrected chi connectivity index (χ3v) is 4.28. The van der Waals surface area contributed by atoms with E-state index in [9.17, 15) is 19.7 Å². The van der Waals surface area contributed by atoms with Gasteiger partial charge in [0, 0.05) is 17.9 Å². The zero-order chi connectivity index (χ0) is 17.3. The van der Waals surface area contributed by atoms with Gasteiger partial charge in [-0.25, -0.2) is 4.79 Å². The molecule has 0 aromatic carbocycles. The van der Waals surface area contributed by atoms with Crippen molar-refractivity contribution >= 4 is 12.0 Å². The van der Waals surface area contributed by atoms with Gasteiger partial charge in [-0.05, 0) is 33.6 Å². The van der Waals surface area contributed by atoms with Gasteiger partial charge in [0.1, 0.15) is 11.5 Å². The van der Waals surface area contributed by atoms with Crippen LogP contribution in [-0.4, -0.2) is 40.7 Å². The fourth-order valence-corrected chi connectivity index (χ4v) is 3.00. The molecule has 0 aromatic rings. The Morgan fingerprint density at radius 2 is 1.91 bits per heavy atom. The van der Waals surface area contributed by atoms with E-state index in [1.807, 2.05) is 0 Å². The van der Waals surface area contributed by atoms with Crippen molar-refractivity contribution in [1.29, 1.82) is 0 Å². The molecule has 8 heteroatoms. The van der Waals surface area contributed by atoms with Gasteiger partial charge >= 0.3 is 6.09 Å². The Hall–Kier alpha value is -1.86. The minimum Gasteiger partial charge on any atom is -0.444 e. The molecule has 2 aliphatic carbocycles. The fourth-order valence-electron chi connectivity index (χ4n) is 3.00. The molecule has 0 aromatic heterocycles. The van der Waals surface area contributed by atoms with Crippen LogP contribution in [0.25, 0.3) is 0 Å². The zero-order valence-corrected chi connectivity index (χ0v) is 13.9. The molecule has 2 rings (SSSR count). The molecule has 130 valence electrons. The van der Waals surface area contributed by atoms with E-state index in [-0.39, 0.29) is 12.5 Å². The van der Waals surface area contributed by atoms with E-state index in [0.717, 1.165) is 25.7 Å². The number of ether oxygens (including phenoxy) is 1. The highest BCUT2D eigenvalue weighted by molar-refractivity contribution is 5.83. The Morgan fingerprint density at radius 3 is 2.39 bits per heavy atom. The first-order chi connectivity index (χ1) is 10.6. The molecular weight excluding hydrogens is 302 g/mol. The van der Waals surface area contributed by atoms with Crippen LogP contribution in [0.15, 0.2) is 0 Å². The smallest absolute Gasteiger partial charge is 0.407 e. The van der Waals surface area contributed by atoms with Gasteiger partial charge in [-0.2, -0.15) is 0 Å². The van der Waals surface area contributed by atoms with E-state index >= 15 is 0 Å². The molecule has 0 heterocycles. The quantitative estimate of drug-likeness (QED) is 0.588. The van der Waals surface area contributed by atoms with Crippen LogP contribution in [0.2, 0.25) is 0 Å². The number of carbonyl (C=O) groups is 2. The second kappa shape index (κ2) is 6.33. The SMILES string of the molecule is CC(C)(C)OC(=O)NCC1(NC(=O)C2CC2[N+](=O)[O-])CCCC1. The van der Waals surface area contributed by atoms with Crippen LogP contribution in [0.1, 0.15) is 52.9 Å². The Labute approximate surface area is 135 Å². The van der Waals surface area contributed by atoms with Crippen molar-refractivity contribution < 1.29 is 19.2 Å². The summed E-state index contributed by atoms with van der Waals surface area (Å²) in [6, 6.07) is -0.757. The van der Waals surface area contributed by atoms with Crippen molar-refractivity contribution in [2.45, 2.75) is 70.1 Å². The van der Waals surface area contributed by atoms with Crippen molar-refractivity contribution in [2.75, 3.05) is 6.54 Å². The van der Waals surface area contributed by atoms with E-state index in [1.54, 1.807) is 20.8 Å². The van der Waals surface area contributed by atoms with Gasteiger partial charge in [0.15, 0.2) is 0 Å². The molecule has 0 aliphatic heterocycles. The highest BCUT2D eigenvalue weighted by atomic mass is 16.6. The van der Waals surface area contributed by atoms with Crippen LogP contribution in [-0.2, 0) is 9.53 Å². The summed E-state index contributed by atoms with van der Waals surface area (Å²) in [7, 11) is 0. The summed E-state index contributed by atoms with van der Waals surface area (Å²) in [4.78, 5) is 34.3. The van der Waals surface area contributed by atoms with E-state index < -0.39 is 34.1 Å². The number of nitrogens with zero attached hydrogens (tertiary/aromatic N) is 1. The number of alkyl carbamates (subject to hydrolysis) is 1. The largest absolute Gasteiger partial charge is 0.444 e. The van der Waals surface area contributed by atoms with Gasteiger partial charge in [0.25, 0.3) is 0 Å². The number of carbonyl (C=O) groups excluding carboxylic acids is 2. The zero-order valence-electron chi connectivity index (χ0n) is 13.9. The molecule has 0 radical (unpaired) electrons. The van der Waals surface area contributed by atoms with Crippen molar-refractivity contribution in [3.63, 3.8) is 0 Å². The van der Waals surface area contributed by atoms with E-state index in [1.165, 1.54) is 0 Å². The van der Waals surface area contributed by atoms with Crippen LogP contribution >= 0.6 is 0 Å². The number of nitrogens with one attached hydrogen (secondary N) is 2. The highest BCUT2D eigenvalue weighted by Crippen LogP contribution is 2.36. The standard InChI is InChI=1S/C15H25N3O5/c1-14(2,3)23-13(20)16-9-15(6-4-5-7-15)17-12(19)10-8-11(10)18(21)22/h10-11H,4-9H2,1-3H3,(H,16,20)(H,17,19). The van der Waals surface area contributed by atoms with Crippen LogP contribution in [0.5, 0.6) is 0 Å². The molecule has 2 aliphatic rings. The molecule has 0 bridgehead atoms. The van der Waals surface area contributed by atoms with E-state index in [2.05, 4.69) is 10.6 Å². The van der Waals surface area contributed by atoms with Crippen molar-refractivity contribution in [2.24, 2.45) is 5.92 Å². The maximum absolute atomic E-state index is 12.2. The highest BCUT2D eigenvalue weighted by Gasteiger charge is 2.54. The first kappa shape index (κ1) is 17.5. The Kier molecular flexibility index (Phi) is 4.81. The van der Waals surface area contributed by atoms with Crippen molar-refractivity contribution in [3.8, 4) is 0 Å². The molecule has 2 fully saturated rings. The summed E-state index contributed by atoms with van der Waals surface area (Å²) in [5.41, 5.74) is -1.10. The lowest BCUT2D eigenvalue weighted by atomic mass is 9.97. The monoisotopic (exact) mass is 327 g/mol. The number of rotatable bonds is 5. The Balaban J connectivity index is 1.88. The summed E-state index contributed by atoms with van der Waals surface area (Å²) in [5, 5.41) is 16.3. The third kappa shape index (κ3) is 4.80. The van der Waals surface area contributed by atoms with E-state index in [0.29, 0.717) is 6.42 Å². The molecule has 2 unspecified atom stereocenters. The maximum Gasteiger partial charge on any atom is 0.407 e. The molecule has 23 heavy (non-hydrogen) atoms. The predicted octanol–water partition coefficient (Wildman–Crippen LogP) is 1.61. The first-order valence-corrected chi connectivity index (χ1v) is 8.04.